The number of rotatable bonds is 7. The van der Waals surface area contributed by atoms with Gasteiger partial charge in [-0.05, 0) is 41.5 Å². The SMILES string of the molecule is COC(=O)[C@H](CCCCC#N)NC(=O)C1c2ccccc2-c2ccccc21. The number of esters is 1. The Morgan fingerprint density at radius 3 is 2.22 bits per heavy atom. The number of carbonyl (C=O) groups is 2. The number of fused-ring (bicyclic) bond motifs is 3. The number of methoxy groups -OCH3 is 1. The van der Waals surface area contributed by atoms with E-state index >= 15 is 0 Å². The number of ether oxygens (including phenoxy) is 1. The number of carbonyl (C=O) groups excluding carboxylic acids is 2. The lowest BCUT2D eigenvalue weighted by molar-refractivity contribution is -0.145. The fraction of sp³-hybridized carbons (Fsp3) is 0.318. The highest BCUT2D eigenvalue weighted by Gasteiger charge is 2.35. The molecular formula is C22H22N2O3. The molecule has 0 fully saturated rings. The smallest absolute Gasteiger partial charge is 0.328 e. The van der Waals surface area contributed by atoms with Crippen LogP contribution >= 0.6 is 0 Å². The maximum atomic E-state index is 13.1. The molecule has 1 amide bonds. The van der Waals surface area contributed by atoms with E-state index in [0.29, 0.717) is 25.7 Å². The minimum atomic E-state index is -0.707. The van der Waals surface area contributed by atoms with Crippen LogP contribution in [-0.2, 0) is 14.3 Å². The molecule has 0 unspecified atom stereocenters. The third kappa shape index (κ3) is 3.85. The number of hydrogen-bond donors (Lipinski definition) is 1. The van der Waals surface area contributed by atoms with Crippen molar-refractivity contribution in [3.63, 3.8) is 0 Å². The van der Waals surface area contributed by atoms with Gasteiger partial charge in [0.25, 0.3) is 0 Å². The summed E-state index contributed by atoms with van der Waals surface area (Å²) in [5.41, 5.74) is 4.00. The largest absolute Gasteiger partial charge is 0.467 e. The normalized spacial score (nSPS) is 13.2. The van der Waals surface area contributed by atoms with E-state index in [-0.39, 0.29) is 5.91 Å². The number of nitriles is 1. The summed E-state index contributed by atoms with van der Waals surface area (Å²) in [5.74, 6) is -1.10. The van der Waals surface area contributed by atoms with Crippen LogP contribution in [0, 0.1) is 11.3 Å². The predicted octanol–water partition coefficient (Wildman–Crippen LogP) is 3.54. The molecule has 0 saturated carbocycles. The molecule has 0 spiro atoms. The van der Waals surface area contributed by atoms with Gasteiger partial charge in [0.15, 0.2) is 0 Å². The van der Waals surface area contributed by atoms with Gasteiger partial charge in [-0.1, -0.05) is 48.5 Å². The van der Waals surface area contributed by atoms with Gasteiger partial charge in [0.2, 0.25) is 5.91 Å². The molecule has 1 atom stereocenters. The van der Waals surface area contributed by atoms with E-state index in [9.17, 15) is 9.59 Å². The quantitative estimate of drug-likeness (QED) is 0.603. The molecule has 0 radical (unpaired) electrons. The van der Waals surface area contributed by atoms with Crippen LogP contribution in [0.15, 0.2) is 48.5 Å². The van der Waals surface area contributed by atoms with Gasteiger partial charge in [0, 0.05) is 6.42 Å². The first-order valence-corrected chi connectivity index (χ1v) is 9.10. The zero-order valence-corrected chi connectivity index (χ0v) is 15.3. The van der Waals surface area contributed by atoms with Crippen molar-refractivity contribution in [1.29, 1.82) is 5.26 Å². The fourth-order valence-corrected chi connectivity index (χ4v) is 3.64. The molecule has 5 heteroatoms. The average Bonchev–Trinajstić information content (AvgIpc) is 3.04. The van der Waals surface area contributed by atoms with Gasteiger partial charge in [-0.15, -0.1) is 0 Å². The third-order valence-corrected chi connectivity index (χ3v) is 4.93. The molecule has 1 aliphatic carbocycles. The summed E-state index contributed by atoms with van der Waals surface area (Å²) in [5, 5.41) is 11.5. The molecule has 0 saturated heterocycles. The molecule has 27 heavy (non-hydrogen) atoms. The van der Waals surface area contributed by atoms with Crippen LogP contribution in [0.2, 0.25) is 0 Å². The Balaban J connectivity index is 1.82. The van der Waals surface area contributed by atoms with Crippen molar-refractivity contribution in [2.24, 2.45) is 0 Å². The van der Waals surface area contributed by atoms with E-state index in [1.54, 1.807) is 0 Å². The van der Waals surface area contributed by atoms with Gasteiger partial charge >= 0.3 is 5.97 Å². The van der Waals surface area contributed by atoms with Crippen LogP contribution < -0.4 is 5.32 Å². The van der Waals surface area contributed by atoms with Gasteiger partial charge in [0.05, 0.1) is 19.1 Å². The zero-order valence-electron chi connectivity index (χ0n) is 15.3. The van der Waals surface area contributed by atoms with Gasteiger partial charge < -0.3 is 10.1 Å². The second kappa shape index (κ2) is 8.50. The molecule has 0 aliphatic heterocycles. The molecule has 3 rings (SSSR count). The summed E-state index contributed by atoms with van der Waals surface area (Å²) in [6.07, 6.45) is 2.25. The third-order valence-electron chi connectivity index (χ3n) is 4.93. The lowest BCUT2D eigenvalue weighted by Gasteiger charge is -2.20. The Kier molecular flexibility index (Phi) is 5.87. The Bertz CT molecular complexity index is 840. The number of hydrogen-bond acceptors (Lipinski definition) is 4. The van der Waals surface area contributed by atoms with Gasteiger partial charge in [-0.2, -0.15) is 5.26 Å². The molecule has 0 heterocycles. The molecule has 0 aromatic heterocycles. The number of amides is 1. The first-order chi connectivity index (χ1) is 13.2. The van der Waals surface area contributed by atoms with Crippen molar-refractivity contribution in [3.05, 3.63) is 59.7 Å². The van der Waals surface area contributed by atoms with E-state index in [2.05, 4.69) is 11.4 Å². The van der Waals surface area contributed by atoms with E-state index in [0.717, 1.165) is 22.3 Å². The van der Waals surface area contributed by atoms with Crippen LogP contribution in [0.4, 0.5) is 0 Å². The Hall–Kier alpha value is -3.13. The summed E-state index contributed by atoms with van der Waals surface area (Å²) in [6.45, 7) is 0. The van der Waals surface area contributed by atoms with E-state index < -0.39 is 17.9 Å². The number of nitrogens with zero attached hydrogens (tertiary/aromatic N) is 1. The standard InChI is InChI=1S/C22H22N2O3/c1-27-22(26)19(13-3-2-8-14-23)24-21(25)20-17-11-6-4-9-15(17)16-10-5-7-12-18(16)20/h4-7,9-12,19-20H,2-3,8,13H2,1H3,(H,24,25)/t19-/m0/s1. The van der Waals surface area contributed by atoms with Crippen molar-refractivity contribution in [2.75, 3.05) is 7.11 Å². The van der Waals surface area contributed by atoms with Gasteiger partial charge in [-0.25, -0.2) is 4.79 Å². The Morgan fingerprint density at radius 1 is 1.07 bits per heavy atom. The lowest BCUT2D eigenvalue weighted by Crippen LogP contribution is -2.43. The second-order valence-corrected chi connectivity index (χ2v) is 6.60. The summed E-state index contributed by atoms with van der Waals surface area (Å²) in [6, 6.07) is 17.1. The topological polar surface area (TPSA) is 79.2 Å². The van der Waals surface area contributed by atoms with E-state index in [4.69, 9.17) is 10.00 Å². The predicted molar refractivity (Wildman–Crippen MR) is 102 cm³/mol. The first-order valence-electron chi connectivity index (χ1n) is 9.10. The van der Waals surface area contributed by atoms with Crippen molar-refractivity contribution < 1.29 is 14.3 Å². The highest BCUT2D eigenvalue weighted by atomic mass is 16.5. The average molecular weight is 362 g/mol. The van der Waals surface area contributed by atoms with Gasteiger partial charge in [0.1, 0.15) is 6.04 Å². The Morgan fingerprint density at radius 2 is 1.67 bits per heavy atom. The number of unbranched alkanes of at least 4 members (excludes halogenated alkanes) is 2. The fourth-order valence-electron chi connectivity index (χ4n) is 3.64. The lowest BCUT2D eigenvalue weighted by atomic mass is 9.95. The summed E-state index contributed by atoms with van der Waals surface area (Å²) < 4.78 is 4.85. The summed E-state index contributed by atoms with van der Waals surface area (Å²) in [7, 11) is 1.32. The van der Waals surface area contributed by atoms with Crippen molar-refractivity contribution >= 4 is 11.9 Å². The van der Waals surface area contributed by atoms with Crippen LogP contribution in [0.25, 0.3) is 11.1 Å². The molecule has 138 valence electrons. The summed E-state index contributed by atoms with van der Waals surface area (Å²) >= 11 is 0. The number of nitrogens with one attached hydrogen (secondary N) is 1. The van der Waals surface area contributed by atoms with Crippen LogP contribution in [-0.4, -0.2) is 25.0 Å². The summed E-state index contributed by atoms with van der Waals surface area (Å²) in [4.78, 5) is 25.2. The highest BCUT2D eigenvalue weighted by molar-refractivity contribution is 5.97. The van der Waals surface area contributed by atoms with Crippen LogP contribution in [0.5, 0.6) is 0 Å². The maximum Gasteiger partial charge on any atom is 0.328 e. The van der Waals surface area contributed by atoms with E-state index in [1.165, 1.54) is 7.11 Å². The molecule has 2 aromatic carbocycles. The molecule has 5 nitrogen and oxygen atoms in total. The molecule has 0 bridgehead atoms. The molecule has 2 aromatic rings. The molecule has 1 N–H and O–H groups in total. The monoisotopic (exact) mass is 362 g/mol. The maximum absolute atomic E-state index is 13.1. The number of benzene rings is 2. The van der Waals surface area contributed by atoms with Crippen LogP contribution in [0.3, 0.4) is 0 Å². The van der Waals surface area contributed by atoms with Crippen molar-refractivity contribution in [2.45, 2.75) is 37.6 Å². The molecule has 1 aliphatic rings. The first kappa shape index (κ1) is 18.7. The second-order valence-electron chi connectivity index (χ2n) is 6.60. The van der Waals surface area contributed by atoms with E-state index in [1.807, 2.05) is 48.5 Å². The molecular weight excluding hydrogens is 340 g/mol. The minimum Gasteiger partial charge on any atom is -0.467 e. The van der Waals surface area contributed by atoms with Crippen molar-refractivity contribution in [3.8, 4) is 17.2 Å². The highest BCUT2D eigenvalue weighted by Crippen LogP contribution is 2.44. The minimum absolute atomic E-state index is 0.205. The van der Waals surface area contributed by atoms with Gasteiger partial charge in [-0.3, -0.25) is 4.79 Å². The zero-order chi connectivity index (χ0) is 19.2. The van der Waals surface area contributed by atoms with Crippen LogP contribution in [0.1, 0.15) is 42.7 Å². The Labute approximate surface area is 159 Å². The van der Waals surface area contributed by atoms with Crippen molar-refractivity contribution in [1.82, 2.24) is 5.32 Å².